The Balaban J connectivity index is 1.37. The average molecular weight is 611 g/mol. The van der Waals surface area contributed by atoms with Crippen LogP contribution in [0, 0.1) is 5.41 Å². The van der Waals surface area contributed by atoms with Crippen LogP contribution in [0.1, 0.15) is 107 Å². The fraction of sp³-hybridized carbons (Fsp3) is 0.528. The van der Waals surface area contributed by atoms with Crippen molar-refractivity contribution >= 4 is 5.97 Å². The number of hydrogen-bond donors (Lipinski definition) is 1. The number of benzene rings is 2. The van der Waals surface area contributed by atoms with Crippen LogP contribution in [0.5, 0.6) is 0 Å². The Morgan fingerprint density at radius 3 is 2.42 bits per heavy atom. The molecule has 9 nitrogen and oxygen atoms in total. The van der Waals surface area contributed by atoms with Crippen LogP contribution in [0.3, 0.4) is 0 Å². The number of nitrogens with one attached hydrogen (secondary N) is 1. The first kappa shape index (κ1) is 31.0. The van der Waals surface area contributed by atoms with Crippen LogP contribution in [0.2, 0.25) is 0 Å². The first-order chi connectivity index (χ1) is 22.1. The number of ether oxygens (including phenoxy) is 1. The van der Waals surface area contributed by atoms with E-state index in [4.69, 9.17) is 4.74 Å². The average Bonchev–Trinajstić information content (AvgIpc) is 3.61. The normalized spacial score (nSPS) is 17.9. The van der Waals surface area contributed by atoms with Gasteiger partial charge in [-0.3, -0.25) is 14.3 Å². The minimum absolute atomic E-state index is 0.0753. The molecule has 1 aliphatic carbocycles. The number of nitrogens with zero attached hydrogens (tertiary/aromatic N) is 5. The molecular weight excluding hydrogens is 564 g/mol. The smallest absolute Gasteiger partial charge is 0.314 e. The van der Waals surface area contributed by atoms with Gasteiger partial charge in [-0.2, -0.15) is 0 Å². The summed E-state index contributed by atoms with van der Waals surface area (Å²) in [4.78, 5) is 28.3. The Morgan fingerprint density at radius 2 is 1.73 bits per heavy atom. The summed E-state index contributed by atoms with van der Waals surface area (Å²) in [5.74, 6) is 0.520. The first-order valence-corrected chi connectivity index (χ1v) is 17.0. The molecule has 1 unspecified atom stereocenters. The number of aromatic amines is 1. The maximum Gasteiger partial charge on any atom is 0.314 e. The van der Waals surface area contributed by atoms with E-state index >= 15 is 0 Å². The molecule has 1 aliphatic heterocycles. The molecule has 3 heterocycles. The summed E-state index contributed by atoms with van der Waals surface area (Å²) in [7, 11) is 0. The van der Waals surface area contributed by atoms with Crippen molar-refractivity contribution in [3.63, 3.8) is 0 Å². The number of rotatable bonds is 11. The van der Waals surface area contributed by atoms with Crippen LogP contribution in [-0.4, -0.2) is 42.6 Å². The second-order valence-electron chi connectivity index (χ2n) is 12.8. The summed E-state index contributed by atoms with van der Waals surface area (Å²) >= 11 is 0. The standard InChI is InChI=1S/C36H46N6O3/c1-3-5-8-16-31-30(25-26-18-20-27(21-19-26)28-14-9-10-15-29(28)33-37-39-40-38-33)34(43)42-32(17-13-24-41(31)42)36(35(44)45-4-2)22-11-6-7-12-23-36/h9-10,14-15,18-21,32H,3-8,11-13,16-17,22-25H2,1-2H3,(H,37,38,39,40). The molecule has 0 bridgehead atoms. The third kappa shape index (κ3) is 6.14. The Bertz CT molecular complexity index is 1630. The molecule has 45 heavy (non-hydrogen) atoms. The molecule has 0 radical (unpaired) electrons. The molecule has 9 heteroatoms. The fourth-order valence-corrected chi connectivity index (χ4v) is 7.81. The third-order valence-corrected chi connectivity index (χ3v) is 10.0. The SMILES string of the molecule is CCCCCc1c(Cc2ccc(-c3ccccc3-c3nnn[nH]3)cc2)c(=O)n2n1CCCC2C1(C(=O)OCC)CCCCCC1. The van der Waals surface area contributed by atoms with Crippen molar-refractivity contribution in [3.05, 3.63) is 75.7 Å². The maximum atomic E-state index is 14.6. The number of esters is 1. The van der Waals surface area contributed by atoms with Gasteiger partial charge in [-0.25, -0.2) is 9.78 Å². The van der Waals surface area contributed by atoms with Crippen molar-refractivity contribution in [1.82, 2.24) is 30.0 Å². The van der Waals surface area contributed by atoms with Gasteiger partial charge in [-0.15, -0.1) is 5.10 Å². The lowest BCUT2D eigenvalue weighted by molar-refractivity contribution is -0.161. The fourth-order valence-electron chi connectivity index (χ4n) is 7.81. The highest BCUT2D eigenvalue weighted by molar-refractivity contribution is 5.80. The first-order valence-electron chi connectivity index (χ1n) is 17.0. The van der Waals surface area contributed by atoms with E-state index in [-0.39, 0.29) is 17.6 Å². The third-order valence-electron chi connectivity index (χ3n) is 10.0. The molecule has 1 fully saturated rings. The molecule has 0 saturated heterocycles. The van der Waals surface area contributed by atoms with Gasteiger partial charge >= 0.3 is 5.97 Å². The molecule has 1 N–H and O–H groups in total. The van der Waals surface area contributed by atoms with Crippen molar-refractivity contribution in [1.29, 1.82) is 0 Å². The highest BCUT2D eigenvalue weighted by Gasteiger charge is 2.50. The van der Waals surface area contributed by atoms with Crippen molar-refractivity contribution in [2.24, 2.45) is 5.41 Å². The van der Waals surface area contributed by atoms with Crippen molar-refractivity contribution < 1.29 is 9.53 Å². The van der Waals surface area contributed by atoms with Gasteiger partial charge in [-0.1, -0.05) is 94.0 Å². The van der Waals surface area contributed by atoms with Crippen LogP contribution >= 0.6 is 0 Å². The summed E-state index contributed by atoms with van der Waals surface area (Å²) in [6.45, 7) is 5.29. The van der Waals surface area contributed by atoms with E-state index in [0.717, 1.165) is 117 Å². The van der Waals surface area contributed by atoms with E-state index in [1.54, 1.807) is 0 Å². The quantitative estimate of drug-likeness (QED) is 0.111. The Hall–Kier alpha value is -4.01. The number of carbonyl (C=O) groups is 1. The zero-order chi connectivity index (χ0) is 31.2. The van der Waals surface area contributed by atoms with Crippen LogP contribution < -0.4 is 5.56 Å². The van der Waals surface area contributed by atoms with Gasteiger partial charge in [-0.05, 0) is 72.6 Å². The lowest BCUT2D eigenvalue weighted by atomic mass is 9.72. The van der Waals surface area contributed by atoms with Crippen molar-refractivity contribution in [2.75, 3.05) is 6.61 Å². The monoisotopic (exact) mass is 610 g/mol. The van der Waals surface area contributed by atoms with E-state index in [9.17, 15) is 9.59 Å². The maximum absolute atomic E-state index is 14.6. The van der Waals surface area contributed by atoms with Crippen LogP contribution in [0.15, 0.2) is 53.3 Å². The van der Waals surface area contributed by atoms with Gasteiger partial charge in [0.2, 0.25) is 0 Å². The largest absolute Gasteiger partial charge is 0.466 e. The number of unbranched alkanes of at least 4 members (excludes halogenated alkanes) is 2. The summed E-state index contributed by atoms with van der Waals surface area (Å²) < 4.78 is 10.0. The van der Waals surface area contributed by atoms with Gasteiger partial charge in [0.15, 0.2) is 5.82 Å². The van der Waals surface area contributed by atoms with Crippen LogP contribution in [-0.2, 0) is 28.9 Å². The van der Waals surface area contributed by atoms with Gasteiger partial charge in [0.05, 0.1) is 18.1 Å². The number of hydrogen-bond acceptors (Lipinski definition) is 6. The van der Waals surface area contributed by atoms with Crippen LogP contribution in [0.4, 0.5) is 0 Å². The van der Waals surface area contributed by atoms with E-state index < -0.39 is 5.41 Å². The Morgan fingerprint density at radius 1 is 0.978 bits per heavy atom. The number of tetrazole rings is 1. The molecule has 0 spiro atoms. The summed E-state index contributed by atoms with van der Waals surface area (Å²) in [5, 5.41) is 14.5. The van der Waals surface area contributed by atoms with Gasteiger partial charge in [0.1, 0.15) is 0 Å². The van der Waals surface area contributed by atoms with Gasteiger partial charge in [0, 0.05) is 29.8 Å². The molecule has 4 aromatic rings. The summed E-state index contributed by atoms with van der Waals surface area (Å²) in [6.07, 6.45) is 12.4. The molecule has 2 aromatic heterocycles. The van der Waals surface area contributed by atoms with Crippen molar-refractivity contribution in [3.8, 4) is 22.5 Å². The minimum Gasteiger partial charge on any atom is -0.466 e. The summed E-state index contributed by atoms with van der Waals surface area (Å²) in [5.41, 5.74) is 5.60. The molecule has 1 atom stereocenters. The number of fused-ring (bicyclic) bond motifs is 1. The van der Waals surface area contributed by atoms with Gasteiger partial charge < -0.3 is 4.74 Å². The molecule has 1 saturated carbocycles. The number of H-pyrrole nitrogens is 1. The zero-order valence-electron chi connectivity index (χ0n) is 26.8. The highest BCUT2D eigenvalue weighted by Crippen LogP contribution is 2.48. The van der Waals surface area contributed by atoms with E-state index in [2.05, 4.69) is 62.6 Å². The lowest BCUT2D eigenvalue weighted by Crippen LogP contribution is -2.47. The number of aromatic nitrogens is 6. The molecule has 0 amide bonds. The van der Waals surface area contributed by atoms with E-state index in [1.165, 1.54) is 0 Å². The molecule has 6 rings (SSSR count). The van der Waals surface area contributed by atoms with Crippen molar-refractivity contribution in [2.45, 2.75) is 110 Å². The topological polar surface area (TPSA) is 108 Å². The second kappa shape index (κ2) is 14.0. The lowest BCUT2D eigenvalue weighted by Gasteiger charge is -2.41. The highest BCUT2D eigenvalue weighted by atomic mass is 16.5. The molecular formula is C36H46N6O3. The van der Waals surface area contributed by atoms with E-state index in [1.807, 2.05) is 29.8 Å². The molecule has 238 valence electrons. The summed E-state index contributed by atoms with van der Waals surface area (Å²) in [6, 6.07) is 16.4. The predicted octanol–water partition coefficient (Wildman–Crippen LogP) is 7.06. The zero-order valence-corrected chi connectivity index (χ0v) is 26.8. The Kier molecular flexibility index (Phi) is 9.61. The minimum atomic E-state index is -0.640. The van der Waals surface area contributed by atoms with E-state index in [0.29, 0.717) is 18.9 Å². The predicted molar refractivity (Wildman–Crippen MR) is 175 cm³/mol. The molecule has 2 aromatic carbocycles. The Labute approximate surface area is 265 Å². The second-order valence-corrected chi connectivity index (χ2v) is 12.8. The number of carbonyl (C=O) groups excluding carboxylic acids is 1. The molecule has 2 aliphatic rings. The van der Waals surface area contributed by atoms with Gasteiger partial charge in [0.25, 0.3) is 5.56 Å². The van der Waals surface area contributed by atoms with Crippen LogP contribution in [0.25, 0.3) is 22.5 Å².